The molecule has 0 aliphatic carbocycles. The molecule has 0 aliphatic heterocycles. The lowest BCUT2D eigenvalue weighted by molar-refractivity contribution is -0.127. The van der Waals surface area contributed by atoms with Gasteiger partial charge in [-0.05, 0) is 17.3 Å². The van der Waals surface area contributed by atoms with E-state index in [1.165, 1.54) is 0 Å². The van der Waals surface area contributed by atoms with Gasteiger partial charge in [-0.1, -0.05) is 34.6 Å². The van der Waals surface area contributed by atoms with Gasteiger partial charge >= 0.3 is 0 Å². The van der Waals surface area contributed by atoms with Crippen molar-refractivity contribution >= 4 is 11.8 Å². The lowest BCUT2D eigenvalue weighted by Gasteiger charge is -2.24. The molecule has 0 spiro atoms. The molecule has 0 aliphatic rings. The molecule has 0 saturated carbocycles. The third-order valence-electron chi connectivity index (χ3n) is 2.69. The molecule has 19 heavy (non-hydrogen) atoms. The SMILES string of the molecule is CC(C)(C)CC(=O)NCC(=O)NCC(C)(C)CCO. The maximum absolute atomic E-state index is 11.6. The highest BCUT2D eigenvalue weighted by atomic mass is 16.3. The predicted molar refractivity (Wildman–Crippen MR) is 75.6 cm³/mol. The summed E-state index contributed by atoms with van der Waals surface area (Å²) >= 11 is 0. The fourth-order valence-electron chi connectivity index (χ4n) is 1.51. The molecule has 0 heterocycles. The molecule has 0 radical (unpaired) electrons. The molecule has 0 atom stereocenters. The molecule has 5 heteroatoms. The first kappa shape index (κ1) is 17.9. The van der Waals surface area contributed by atoms with Crippen LogP contribution < -0.4 is 10.6 Å². The molecule has 0 unspecified atom stereocenters. The van der Waals surface area contributed by atoms with E-state index in [9.17, 15) is 9.59 Å². The van der Waals surface area contributed by atoms with Crippen LogP contribution in [0.3, 0.4) is 0 Å². The van der Waals surface area contributed by atoms with E-state index in [1.54, 1.807) is 0 Å². The minimum atomic E-state index is -0.201. The van der Waals surface area contributed by atoms with E-state index in [0.29, 0.717) is 19.4 Å². The summed E-state index contributed by atoms with van der Waals surface area (Å²) in [6, 6.07) is 0. The van der Waals surface area contributed by atoms with Crippen molar-refractivity contribution in [3.8, 4) is 0 Å². The van der Waals surface area contributed by atoms with E-state index >= 15 is 0 Å². The monoisotopic (exact) mass is 272 g/mol. The normalized spacial score (nSPS) is 12.1. The van der Waals surface area contributed by atoms with Crippen LogP contribution in [0.5, 0.6) is 0 Å². The number of carbonyl (C=O) groups is 2. The number of hydrogen-bond donors (Lipinski definition) is 3. The zero-order valence-corrected chi connectivity index (χ0v) is 12.8. The van der Waals surface area contributed by atoms with Crippen LogP contribution >= 0.6 is 0 Å². The van der Waals surface area contributed by atoms with Crippen LogP contribution in [-0.4, -0.2) is 36.6 Å². The standard InChI is InChI=1S/C14H28N2O3/c1-13(2,3)8-11(18)15-9-12(19)16-10-14(4,5)6-7-17/h17H,6-10H2,1-5H3,(H,15,18)(H,16,19). The van der Waals surface area contributed by atoms with Gasteiger partial charge in [0, 0.05) is 19.6 Å². The molecule has 112 valence electrons. The summed E-state index contributed by atoms with van der Waals surface area (Å²) in [7, 11) is 0. The van der Waals surface area contributed by atoms with Gasteiger partial charge in [0.2, 0.25) is 11.8 Å². The van der Waals surface area contributed by atoms with Crippen molar-refractivity contribution in [2.75, 3.05) is 19.7 Å². The molecule has 0 saturated heterocycles. The highest BCUT2D eigenvalue weighted by Crippen LogP contribution is 2.18. The maximum atomic E-state index is 11.6. The van der Waals surface area contributed by atoms with Gasteiger partial charge < -0.3 is 15.7 Å². The van der Waals surface area contributed by atoms with Crippen molar-refractivity contribution in [1.29, 1.82) is 0 Å². The summed E-state index contributed by atoms with van der Waals surface area (Å²) in [5, 5.41) is 14.2. The number of rotatable bonds is 7. The van der Waals surface area contributed by atoms with Crippen LogP contribution in [0.2, 0.25) is 0 Å². The van der Waals surface area contributed by atoms with Crippen molar-refractivity contribution in [2.24, 2.45) is 10.8 Å². The second-order valence-corrected chi connectivity index (χ2v) is 6.93. The summed E-state index contributed by atoms with van der Waals surface area (Å²) < 4.78 is 0. The lowest BCUT2D eigenvalue weighted by atomic mass is 9.90. The maximum Gasteiger partial charge on any atom is 0.239 e. The van der Waals surface area contributed by atoms with Gasteiger partial charge in [0.05, 0.1) is 6.54 Å². The Morgan fingerprint density at radius 3 is 2.05 bits per heavy atom. The van der Waals surface area contributed by atoms with Crippen molar-refractivity contribution < 1.29 is 14.7 Å². The minimum Gasteiger partial charge on any atom is -0.396 e. The van der Waals surface area contributed by atoms with E-state index in [-0.39, 0.29) is 35.8 Å². The number of hydrogen-bond acceptors (Lipinski definition) is 3. The van der Waals surface area contributed by atoms with Crippen molar-refractivity contribution in [3.05, 3.63) is 0 Å². The Labute approximate surface area is 116 Å². The Balaban J connectivity index is 3.91. The Bertz CT molecular complexity index is 306. The molecule has 5 nitrogen and oxygen atoms in total. The molecular formula is C14H28N2O3. The minimum absolute atomic E-state index is 0.00409. The molecular weight excluding hydrogens is 244 g/mol. The van der Waals surface area contributed by atoms with Gasteiger partial charge in [-0.15, -0.1) is 0 Å². The van der Waals surface area contributed by atoms with Gasteiger partial charge in [-0.3, -0.25) is 9.59 Å². The molecule has 2 amide bonds. The van der Waals surface area contributed by atoms with Crippen molar-refractivity contribution in [1.82, 2.24) is 10.6 Å². The third-order valence-corrected chi connectivity index (χ3v) is 2.69. The van der Waals surface area contributed by atoms with Crippen molar-refractivity contribution in [3.63, 3.8) is 0 Å². The van der Waals surface area contributed by atoms with Crippen LogP contribution in [-0.2, 0) is 9.59 Å². The van der Waals surface area contributed by atoms with Gasteiger partial charge in [0.25, 0.3) is 0 Å². The zero-order valence-electron chi connectivity index (χ0n) is 12.8. The topological polar surface area (TPSA) is 78.4 Å². The molecule has 0 aromatic heterocycles. The highest BCUT2D eigenvalue weighted by molar-refractivity contribution is 5.84. The fourth-order valence-corrected chi connectivity index (χ4v) is 1.51. The van der Waals surface area contributed by atoms with E-state index in [2.05, 4.69) is 10.6 Å². The quantitative estimate of drug-likeness (QED) is 0.648. The van der Waals surface area contributed by atoms with Gasteiger partial charge in [0.15, 0.2) is 0 Å². The first-order valence-corrected chi connectivity index (χ1v) is 6.70. The number of nitrogens with one attached hydrogen (secondary N) is 2. The largest absolute Gasteiger partial charge is 0.396 e. The molecule has 0 rings (SSSR count). The van der Waals surface area contributed by atoms with Gasteiger partial charge in [0.1, 0.15) is 0 Å². The van der Waals surface area contributed by atoms with E-state index in [0.717, 1.165) is 0 Å². The molecule has 0 aromatic carbocycles. The number of aliphatic hydroxyl groups is 1. The third kappa shape index (κ3) is 10.5. The molecule has 3 N–H and O–H groups in total. The summed E-state index contributed by atoms with van der Waals surface area (Å²) in [4.78, 5) is 23.1. The van der Waals surface area contributed by atoms with Crippen LogP contribution in [0.1, 0.15) is 47.5 Å². The van der Waals surface area contributed by atoms with Gasteiger partial charge in [-0.25, -0.2) is 0 Å². The second kappa shape index (κ2) is 7.48. The van der Waals surface area contributed by atoms with E-state index in [1.807, 2.05) is 34.6 Å². The van der Waals surface area contributed by atoms with Crippen LogP contribution in [0.15, 0.2) is 0 Å². The number of amides is 2. The Hall–Kier alpha value is -1.10. The molecule has 0 aromatic rings. The second-order valence-electron chi connectivity index (χ2n) is 6.93. The predicted octanol–water partition coefficient (Wildman–Crippen LogP) is 1.06. The summed E-state index contributed by atoms with van der Waals surface area (Å²) in [5.74, 6) is -0.314. The van der Waals surface area contributed by atoms with Crippen LogP contribution in [0.25, 0.3) is 0 Å². The highest BCUT2D eigenvalue weighted by Gasteiger charge is 2.19. The average molecular weight is 272 g/mol. The van der Waals surface area contributed by atoms with Crippen LogP contribution in [0.4, 0.5) is 0 Å². The summed E-state index contributed by atoms with van der Waals surface area (Å²) in [6.45, 7) is 10.5. The Morgan fingerprint density at radius 2 is 1.58 bits per heavy atom. The van der Waals surface area contributed by atoms with Crippen LogP contribution in [0, 0.1) is 10.8 Å². The molecule has 0 bridgehead atoms. The summed E-state index contributed by atoms with van der Waals surface area (Å²) in [6.07, 6.45) is 1.03. The Kier molecular flexibility index (Phi) is 7.05. The Morgan fingerprint density at radius 1 is 1.00 bits per heavy atom. The molecule has 0 fully saturated rings. The zero-order chi connectivity index (χ0) is 15.1. The first-order chi connectivity index (χ1) is 8.56. The lowest BCUT2D eigenvalue weighted by Crippen LogP contribution is -2.41. The first-order valence-electron chi connectivity index (χ1n) is 6.70. The van der Waals surface area contributed by atoms with E-state index in [4.69, 9.17) is 5.11 Å². The number of aliphatic hydroxyl groups excluding tert-OH is 1. The smallest absolute Gasteiger partial charge is 0.239 e. The van der Waals surface area contributed by atoms with E-state index < -0.39 is 0 Å². The number of carbonyl (C=O) groups excluding carboxylic acids is 2. The fraction of sp³-hybridized carbons (Fsp3) is 0.857. The average Bonchev–Trinajstić information content (AvgIpc) is 2.21. The van der Waals surface area contributed by atoms with Gasteiger partial charge in [-0.2, -0.15) is 0 Å². The summed E-state index contributed by atoms with van der Waals surface area (Å²) in [5.41, 5.74) is -0.219. The van der Waals surface area contributed by atoms with Crippen molar-refractivity contribution in [2.45, 2.75) is 47.5 Å².